The predicted molar refractivity (Wildman–Crippen MR) is 167 cm³/mol. The number of aryl methyl sites for hydroxylation is 1. The van der Waals surface area contributed by atoms with E-state index in [2.05, 4.69) is 84.6 Å². The third kappa shape index (κ3) is 4.99. The average Bonchev–Trinajstić information content (AvgIpc) is 3.50. The van der Waals surface area contributed by atoms with Crippen LogP contribution in [0.4, 0.5) is 0 Å². The molecule has 0 spiro atoms. The number of hydrogen-bond acceptors (Lipinski definition) is 4. The van der Waals surface area contributed by atoms with Gasteiger partial charge in [0.25, 0.3) is 0 Å². The lowest BCUT2D eigenvalue weighted by molar-refractivity contribution is 0.247. The Balaban J connectivity index is 1.29. The van der Waals surface area contributed by atoms with E-state index in [1.54, 1.807) is 0 Å². The third-order valence-electron chi connectivity index (χ3n) is 7.61. The molecule has 7 heteroatoms. The highest BCUT2D eigenvalue weighted by atomic mass is 79.9. The van der Waals surface area contributed by atoms with E-state index in [0.29, 0.717) is 23.1 Å². The molecule has 1 aliphatic heterocycles. The van der Waals surface area contributed by atoms with Gasteiger partial charge in [-0.25, -0.2) is 0 Å². The molecule has 1 unspecified atom stereocenters. The Hall–Kier alpha value is -3.13. The van der Waals surface area contributed by atoms with Crippen molar-refractivity contribution < 1.29 is 10.2 Å². The SMILES string of the molecule is Cc1cc(/C=N/CC2CCCN2Cc2cc(Br)cc(Br)c2O)c(O)c(-n2c3ccccc3c3ccccc32)c1. The Morgan fingerprint density at radius 1 is 0.923 bits per heavy atom. The molecule has 39 heavy (non-hydrogen) atoms. The molecule has 0 amide bonds. The van der Waals surface area contributed by atoms with E-state index in [4.69, 9.17) is 4.99 Å². The first-order chi connectivity index (χ1) is 18.9. The normalized spacial score (nSPS) is 16.2. The predicted octanol–water partition coefficient (Wildman–Crippen LogP) is 8.11. The summed E-state index contributed by atoms with van der Waals surface area (Å²) in [6.07, 6.45) is 3.97. The molecule has 5 nitrogen and oxygen atoms in total. The fourth-order valence-electron chi connectivity index (χ4n) is 5.78. The van der Waals surface area contributed by atoms with E-state index in [1.807, 2.05) is 42.6 Å². The number of fused-ring (bicyclic) bond motifs is 3. The molecule has 0 radical (unpaired) electrons. The van der Waals surface area contributed by atoms with Crippen molar-refractivity contribution in [2.45, 2.75) is 32.4 Å². The number of aliphatic imine (C=N–C) groups is 1. The number of benzene rings is 4. The van der Waals surface area contributed by atoms with Crippen LogP contribution < -0.4 is 0 Å². The lowest BCUT2D eigenvalue weighted by Gasteiger charge is -2.24. The number of aromatic hydroxyl groups is 2. The maximum absolute atomic E-state index is 11.5. The van der Waals surface area contributed by atoms with Crippen molar-refractivity contribution in [3.8, 4) is 17.2 Å². The fraction of sp³-hybridized carbons (Fsp3) is 0.219. The first kappa shape index (κ1) is 26.1. The summed E-state index contributed by atoms with van der Waals surface area (Å²) in [6.45, 7) is 4.32. The highest BCUT2D eigenvalue weighted by Gasteiger charge is 2.25. The van der Waals surface area contributed by atoms with Crippen molar-refractivity contribution in [3.05, 3.63) is 98.4 Å². The summed E-state index contributed by atoms with van der Waals surface area (Å²) < 4.78 is 3.77. The number of para-hydroxylation sites is 2. The van der Waals surface area contributed by atoms with Crippen LogP contribution in [-0.2, 0) is 6.54 Å². The standard InChI is InChI=1S/C32H29Br2N3O2/c1-20-13-21(17-35-18-24-7-6-12-36(24)19-22-15-23(33)16-27(34)31(22)38)32(39)30(14-20)37-28-10-4-2-8-25(28)26-9-3-5-11-29(26)37/h2-5,8-11,13-17,24,38-39H,6-7,12,18-19H2,1H3/b35-17+. The topological polar surface area (TPSA) is 61.0 Å². The van der Waals surface area contributed by atoms with Gasteiger partial charge in [0.1, 0.15) is 11.5 Å². The van der Waals surface area contributed by atoms with Crippen LogP contribution in [0.5, 0.6) is 11.5 Å². The summed E-state index contributed by atoms with van der Waals surface area (Å²) >= 11 is 6.97. The number of nitrogens with zero attached hydrogens (tertiary/aromatic N) is 3. The van der Waals surface area contributed by atoms with Crippen LogP contribution >= 0.6 is 31.9 Å². The smallest absolute Gasteiger partial charge is 0.148 e. The van der Waals surface area contributed by atoms with Crippen LogP contribution in [0.15, 0.2) is 86.7 Å². The number of hydrogen-bond donors (Lipinski definition) is 2. The van der Waals surface area contributed by atoms with Gasteiger partial charge in [-0.2, -0.15) is 0 Å². The second kappa shape index (κ2) is 10.8. The molecule has 0 saturated carbocycles. The lowest BCUT2D eigenvalue weighted by Crippen LogP contribution is -2.31. The van der Waals surface area contributed by atoms with Crippen molar-refractivity contribution in [1.29, 1.82) is 0 Å². The zero-order chi connectivity index (χ0) is 27.1. The van der Waals surface area contributed by atoms with E-state index >= 15 is 0 Å². The van der Waals surface area contributed by atoms with E-state index in [-0.39, 0.29) is 17.5 Å². The van der Waals surface area contributed by atoms with Crippen LogP contribution in [-0.4, -0.2) is 45.0 Å². The Morgan fingerprint density at radius 3 is 2.33 bits per heavy atom. The van der Waals surface area contributed by atoms with Crippen molar-refractivity contribution in [3.63, 3.8) is 0 Å². The Bertz CT molecular complexity index is 1670. The third-order valence-corrected chi connectivity index (χ3v) is 8.67. The van der Waals surface area contributed by atoms with Gasteiger partial charge in [-0.05, 0) is 84.2 Å². The summed E-state index contributed by atoms with van der Waals surface area (Å²) in [5.74, 6) is 0.512. The Kier molecular flexibility index (Phi) is 7.23. The molecule has 0 bridgehead atoms. The first-order valence-electron chi connectivity index (χ1n) is 13.1. The largest absolute Gasteiger partial charge is 0.506 e. The maximum atomic E-state index is 11.5. The van der Waals surface area contributed by atoms with Gasteiger partial charge >= 0.3 is 0 Å². The summed E-state index contributed by atoms with van der Waals surface area (Å²) in [5.41, 5.74) is 5.54. The number of phenols is 2. The second-order valence-electron chi connectivity index (χ2n) is 10.2. The molecule has 6 rings (SSSR count). The molecule has 5 aromatic rings. The summed E-state index contributed by atoms with van der Waals surface area (Å²) in [7, 11) is 0. The molecule has 1 fully saturated rings. The quantitative estimate of drug-likeness (QED) is 0.183. The molecular weight excluding hydrogens is 618 g/mol. The van der Waals surface area contributed by atoms with Crippen molar-refractivity contribution >= 4 is 59.9 Å². The average molecular weight is 647 g/mol. The molecule has 4 aromatic carbocycles. The van der Waals surface area contributed by atoms with Gasteiger partial charge in [0.2, 0.25) is 0 Å². The van der Waals surface area contributed by atoms with E-state index in [0.717, 1.165) is 62.5 Å². The van der Waals surface area contributed by atoms with Gasteiger partial charge < -0.3 is 14.8 Å². The van der Waals surface area contributed by atoms with Crippen LogP contribution in [0.1, 0.15) is 29.5 Å². The summed E-state index contributed by atoms with van der Waals surface area (Å²) in [6, 6.07) is 24.8. The Morgan fingerprint density at radius 2 is 1.62 bits per heavy atom. The zero-order valence-electron chi connectivity index (χ0n) is 21.6. The Labute approximate surface area is 244 Å². The van der Waals surface area contributed by atoms with Crippen LogP contribution in [0.2, 0.25) is 0 Å². The van der Waals surface area contributed by atoms with Gasteiger partial charge in [0.05, 0.1) is 27.7 Å². The molecule has 198 valence electrons. The number of rotatable bonds is 6. The minimum atomic E-state index is 0.225. The fourth-order valence-corrected chi connectivity index (χ4v) is 7.09. The number of likely N-dealkylation sites (tertiary alicyclic amines) is 1. The van der Waals surface area contributed by atoms with Gasteiger partial charge in [-0.15, -0.1) is 0 Å². The highest BCUT2D eigenvalue weighted by molar-refractivity contribution is 9.11. The summed E-state index contributed by atoms with van der Waals surface area (Å²) in [5, 5.41) is 24.3. The molecule has 1 aromatic heterocycles. The molecular formula is C32H29Br2N3O2. The van der Waals surface area contributed by atoms with Gasteiger partial charge in [0, 0.05) is 45.2 Å². The van der Waals surface area contributed by atoms with Crippen LogP contribution in [0, 0.1) is 6.92 Å². The van der Waals surface area contributed by atoms with E-state index in [1.165, 1.54) is 0 Å². The van der Waals surface area contributed by atoms with Crippen LogP contribution in [0.25, 0.3) is 27.5 Å². The monoisotopic (exact) mass is 645 g/mol. The lowest BCUT2D eigenvalue weighted by atomic mass is 10.1. The second-order valence-corrected chi connectivity index (χ2v) is 12.0. The number of phenolic OH excluding ortho intramolecular Hbond substituents is 2. The van der Waals surface area contributed by atoms with Crippen molar-refractivity contribution in [2.24, 2.45) is 4.99 Å². The molecule has 0 aliphatic carbocycles. The molecule has 1 saturated heterocycles. The molecule has 1 atom stereocenters. The van der Waals surface area contributed by atoms with E-state index in [9.17, 15) is 10.2 Å². The minimum Gasteiger partial charge on any atom is -0.506 e. The van der Waals surface area contributed by atoms with Gasteiger partial charge in [-0.1, -0.05) is 52.3 Å². The maximum Gasteiger partial charge on any atom is 0.148 e. The first-order valence-corrected chi connectivity index (χ1v) is 14.7. The number of halogens is 2. The molecule has 2 heterocycles. The highest BCUT2D eigenvalue weighted by Crippen LogP contribution is 2.37. The molecule has 1 aliphatic rings. The summed E-state index contributed by atoms with van der Waals surface area (Å²) in [4.78, 5) is 7.18. The molecule has 2 N–H and O–H groups in total. The van der Waals surface area contributed by atoms with Gasteiger partial charge in [-0.3, -0.25) is 9.89 Å². The number of aromatic nitrogens is 1. The van der Waals surface area contributed by atoms with Gasteiger partial charge in [0.15, 0.2) is 0 Å². The van der Waals surface area contributed by atoms with Crippen molar-refractivity contribution in [2.75, 3.05) is 13.1 Å². The zero-order valence-corrected chi connectivity index (χ0v) is 24.8. The van der Waals surface area contributed by atoms with E-state index < -0.39 is 0 Å². The van der Waals surface area contributed by atoms with Crippen molar-refractivity contribution in [1.82, 2.24) is 9.47 Å². The minimum absolute atomic E-state index is 0.225. The van der Waals surface area contributed by atoms with Crippen LogP contribution in [0.3, 0.4) is 0 Å².